The molecule has 0 saturated carbocycles. The molecule has 0 N–H and O–H groups in total. The lowest BCUT2D eigenvalue weighted by molar-refractivity contribution is -0.134. The van der Waals surface area contributed by atoms with Gasteiger partial charge in [0.05, 0.1) is 12.2 Å². The number of nitrogens with zero attached hydrogens (tertiary/aromatic N) is 1. The number of halogens is 1. The fourth-order valence-corrected chi connectivity index (χ4v) is 3.75. The van der Waals surface area contributed by atoms with Crippen LogP contribution < -0.4 is 0 Å². The molecule has 1 aromatic carbocycles. The molecule has 0 radical (unpaired) electrons. The molecular weight excluding hydrogens is 286 g/mol. The van der Waals surface area contributed by atoms with Gasteiger partial charge in [-0.3, -0.25) is 4.79 Å². The van der Waals surface area contributed by atoms with Crippen molar-refractivity contribution in [3.05, 3.63) is 34.9 Å². The van der Waals surface area contributed by atoms with Gasteiger partial charge in [0.1, 0.15) is 0 Å². The molecular formula is C17H22ClNO2. The highest BCUT2D eigenvalue weighted by molar-refractivity contribution is 6.31. The first-order valence-corrected chi connectivity index (χ1v) is 8.18. The lowest BCUT2D eigenvalue weighted by Crippen LogP contribution is -2.44. The number of rotatable bonds is 3. The van der Waals surface area contributed by atoms with Crippen LogP contribution in [0.1, 0.15) is 31.7 Å². The predicted molar refractivity (Wildman–Crippen MR) is 83.4 cm³/mol. The number of fused-ring (bicyclic) bond motifs is 1. The minimum atomic E-state index is 0.243. The normalized spacial score (nSPS) is 28.5. The molecule has 3 nitrogen and oxygen atoms in total. The van der Waals surface area contributed by atoms with Gasteiger partial charge in [-0.15, -0.1) is 0 Å². The average Bonchev–Trinajstić information content (AvgIpc) is 2.85. The minimum absolute atomic E-state index is 0.243. The maximum Gasteiger partial charge on any atom is 0.222 e. The van der Waals surface area contributed by atoms with Crippen LogP contribution in [0.15, 0.2) is 24.3 Å². The van der Waals surface area contributed by atoms with Gasteiger partial charge in [-0.1, -0.05) is 29.8 Å². The van der Waals surface area contributed by atoms with Crippen LogP contribution in [-0.4, -0.2) is 36.1 Å². The Labute approximate surface area is 131 Å². The summed E-state index contributed by atoms with van der Waals surface area (Å²) in [5, 5.41) is 0.752. The van der Waals surface area contributed by atoms with E-state index in [0.29, 0.717) is 24.5 Å². The Morgan fingerprint density at radius 2 is 2.24 bits per heavy atom. The molecule has 2 fully saturated rings. The van der Waals surface area contributed by atoms with Crippen molar-refractivity contribution in [1.82, 2.24) is 4.90 Å². The van der Waals surface area contributed by atoms with Crippen molar-refractivity contribution in [1.29, 1.82) is 0 Å². The Bertz CT molecular complexity index is 519. The van der Waals surface area contributed by atoms with E-state index in [2.05, 4.69) is 6.92 Å². The van der Waals surface area contributed by atoms with Crippen LogP contribution in [0.4, 0.5) is 0 Å². The van der Waals surface area contributed by atoms with Crippen molar-refractivity contribution in [3.63, 3.8) is 0 Å². The number of carbonyl (C=O) groups excluding carboxylic acids is 1. The molecule has 4 heteroatoms. The summed E-state index contributed by atoms with van der Waals surface area (Å²) in [6, 6.07) is 7.76. The number of piperidine rings is 1. The van der Waals surface area contributed by atoms with Gasteiger partial charge in [0.15, 0.2) is 0 Å². The molecule has 0 bridgehead atoms. The van der Waals surface area contributed by atoms with Crippen molar-refractivity contribution < 1.29 is 9.53 Å². The van der Waals surface area contributed by atoms with Crippen LogP contribution in [-0.2, 0) is 16.0 Å². The Kier molecular flexibility index (Phi) is 4.51. The number of ether oxygens (including phenoxy) is 1. The first-order chi connectivity index (χ1) is 10.1. The highest BCUT2D eigenvalue weighted by Gasteiger charge is 2.38. The zero-order valence-electron chi connectivity index (χ0n) is 12.4. The summed E-state index contributed by atoms with van der Waals surface area (Å²) in [4.78, 5) is 14.4. The van der Waals surface area contributed by atoms with E-state index in [1.807, 2.05) is 29.2 Å². The van der Waals surface area contributed by atoms with Crippen molar-refractivity contribution in [2.24, 2.45) is 5.92 Å². The number of hydrogen-bond donors (Lipinski definition) is 0. The van der Waals surface area contributed by atoms with E-state index in [1.54, 1.807) is 0 Å². The van der Waals surface area contributed by atoms with Crippen LogP contribution in [0.5, 0.6) is 0 Å². The molecule has 2 saturated heterocycles. The van der Waals surface area contributed by atoms with Crippen LogP contribution in [0.3, 0.4) is 0 Å². The maximum atomic E-state index is 12.4. The third kappa shape index (κ3) is 3.41. The maximum absolute atomic E-state index is 12.4. The summed E-state index contributed by atoms with van der Waals surface area (Å²) < 4.78 is 5.88. The molecule has 1 aromatic rings. The van der Waals surface area contributed by atoms with Gasteiger partial charge in [0, 0.05) is 30.5 Å². The molecule has 2 aliphatic heterocycles. The molecule has 114 valence electrons. The first kappa shape index (κ1) is 14.9. The fraction of sp³-hybridized carbons (Fsp3) is 0.588. The highest BCUT2D eigenvalue weighted by atomic mass is 35.5. The minimum Gasteiger partial charge on any atom is -0.375 e. The molecule has 1 amide bonds. The molecule has 3 rings (SSSR count). The van der Waals surface area contributed by atoms with E-state index < -0.39 is 0 Å². The van der Waals surface area contributed by atoms with E-state index >= 15 is 0 Å². The zero-order valence-corrected chi connectivity index (χ0v) is 13.2. The summed E-state index contributed by atoms with van der Waals surface area (Å²) in [7, 11) is 0. The number of amides is 1. The molecule has 2 aliphatic rings. The van der Waals surface area contributed by atoms with Gasteiger partial charge in [0.2, 0.25) is 5.91 Å². The van der Waals surface area contributed by atoms with Gasteiger partial charge in [0.25, 0.3) is 0 Å². The van der Waals surface area contributed by atoms with E-state index in [-0.39, 0.29) is 5.91 Å². The predicted octanol–water partition coefficient (Wildman–Crippen LogP) is 3.30. The molecule has 3 atom stereocenters. The SMILES string of the molecule is C[C@H]1C[C@H]2CN(C(=O)CCc3ccccc3Cl)CC[C@H]2O1. The Morgan fingerprint density at radius 1 is 1.43 bits per heavy atom. The van der Waals surface area contributed by atoms with Crippen LogP contribution in [0, 0.1) is 5.92 Å². The lowest BCUT2D eigenvalue weighted by atomic mass is 9.93. The molecule has 2 heterocycles. The second kappa shape index (κ2) is 6.37. The molecule has 0 unspecified atom stereocenters. The van der Waals surface area contributed by atoms with Crippen molar-refractivity contribution in [2.45, 2.75) is 44.8 Å². The van der Waals surface area contributed by atoms with E-state index in [9.17, 15) is 4.79 Å². The van der Waals surface area contributed by atoms with Crippen LogP contribution >= 0.6 is 11.6 Å². The van der Waals surface area contributed by atoms with E-state index in [4.69, 9.17) is 16.3 Å². The van der Waals surface area contributed by atoms with Gasteiger partial charge >= 0.3 is 0 Å². The third-order valence-electron chi connectivity index (χ3n) is 4.62. The lowest BCUT2D eigenvalue weighted by Gasteiger charge is -2.34. The monoisotopic (exact) mass is 307 g/mol. The number of likely N-dealkylation sites (tertiary alicyclic amines) is 1. The van der Waals surface area contributed by atoms with Gasteiger partial charge in [-0.25, -0.2) is 0 Å². The van der Waals surface area contributed by atoms with Crippen molar-refractivity contribution >= 4 is 17.5 Å². The summed E-state index contributed by atoms with van der Waals surface area (Å²) in [5.41, 5.74) is 1.06. The van der Waals surface area contributed by atoms with Crippen molar-refractivity contribution in [2.75, 3.05) is 13.1 Å². The molecule has 0 aromatic heterocycles. The Morgan fingerprint density at radius 3 is 3.05 bits per heavy atom. The molecule has 0 spiro atoms. The van der Waals surface area contributed by atoms with Crippen molar-refractivity contribution in [3.8, 4) is 0 Å². The van der Waals surface area contributed by atoms with Gasteiger partial charge < -0.3 is 9.64 Å². The topological polar surface area (TPSA) is 29.5 Å². The average molecular weight is 308 g/mol. The van der Waals surface area contributed by atoms with Crippen LogP contribution in [0.2, 0.25) is 5.02 Å². The zero-order chi connectivity index (χ0) is 14.8. The molecule has 0 aliphatic carbocycles. The summed E-state index contributed by atoms with van der Waals surface area (Å²) in [5.74, 6) is 0.769. The second-order valence-corrected chi connectivity index (χ2v) is 6.61. The second-order valence-electron chi connectivity index (χ2n) is 6.20. The van der Waals surface area contributed by atoms with E-state index in [0.717, 1.165) is 42.9 Å². The summed E-state index contributed by atoms with van der Waals surface area (Å²) >= 11 is 6.14. The first-order valence-electron chi connectivity index (χ1n) is 7.80. The number of benzene rings is 1. The number of hydrogen-bond acceptors (Lipinski definition) is 2. The summed E-state index contributed by atoms with van der Waals surface area (Å²) in [6.45, 7) is 3.81. The summed E-state index contributed by atoms with van der Waals surface area (Å²) in [6.07, 6.45) is 4.03. The quantitative estimate of drug-likeness (QED) is 0.857. The fourth-order valence-electron chi connectivity index (χ4n) is 3.52. The van der Waals surface area contributed by atoms with Gasteiger partial charge in [-0.2, -0.15) is 0 Å². The standard InChI is InChI=1S/C17H22ClNO2/c1-12-10-14-11-19(9-8-16(14)21-12)17(20)7-6-13-4-2-3-5-15(13)18/h2-5,12,14,16H,6-11H2,1H3/t12-,14-,16+/m0/s1. The highest BCUT2D eigenvalue weighted by Crippen LogP contribution is 2.32. The van der Waals surface area contributed by atoms with Crippen LogP contribution in [0.25, 0.3) is 0 Å². The van der Waals surface area contributed by atoms with Gasteiger partial charge in [-0.05, 0) is 37.8 Å². The Hall–Kier alpha value is -1.06. The number of aryl methyl sites for hydroxylation is 1. The Balaban J connectivity index is 1.53. The molecule has 21 heavy (non-hydrogen) atoms. The smallest absolute Gasteiger partial charge is 0.222 e. The largest absolute Gasteiger partial charge is 0.375 e. The van der Waals surface area contributed by atoms with E-state index in [1.165, 1.54) is 0 Å². The number of carbonyl (C=O) groups is 1. The third-order valence-corrected chi connectivity index (χ3v) is 4.99.